The van der Waals surface area contributed by atoms with E-state index >= 15 is 0 Å². The fourth-order valence-corrected chi connectivity index (χ4v) is 4.45. The number of rotatable bonds is 7. The van der Waals surface area contributed by atoms with Gasteiger partial charge in [-0.3, -0.25) is 4.79 Å². The molecule has 5 nitrogen and oxygen atoms in total. The van der Waals surface area contributed by atoms with Crippen LogP contribution >= 0.6 is 11.8 Å². The molecule has 2 heterocycles. The Balaban J connectivity index is 1.90. The summed E-state index contributed by atoms with van der Waals surface area (Å²) in [4.78, 5) is 21.4. The number of hydrogen-bond donors (Lipinski definition) is 0. The van der Waals surface area contributed by atoms with Gasteiger partial charge in [0.25, 0.3) is 0 Å². The van der Waals surface area contributed by atoms with Crippen molar-refractivity contribution >= 4 is 28.8 Å². The third-order valence-corrected chi connectivity index (χ3v) is 6.26. The largest absolute Gasteiger partial charge is 0.465 e. The number of thioether (sulfide) groups is 1. The van der Waals surface area contributed by atoms with Crippen LogP contribution in [0.4, 0.5) is 4.39 Å². The van der Waals surface area contributed by atoms with Crippen LogP contribution in [0.2, 0.25) is 0 Å². The first-order chi connectivity index (χ1) is 15.1. The first-order valence-electron chi connectivity index (χ1n) is 10.1. The van der Waals surface area contributed by atoms with Crippen molar-refractivity contribution in [3.05, 3.63) is 72.9 Å². The van der Waals surface area contributed by atoms with Crippen molar-refractivity contribution in [1.29, 1.82) is 0 Å². The van der Waals surface area contributed by atoms with Crippen LogP contribution in [0, 0.1) is 5.82 Å². The van der Waals surface area contributed by atoms with Crippen molar-refractivity contribution in [3.8, 4) is 16.8 Å². The third kappa shape index (κ3) is 4.32. The molecule has 1 unspecified atom stereocenters. The number of ether oxygens (including phenoxy) is 1. The normalized spacial score (nSPS) is 12.1. The lowest BCUT2D eigenvalue weighted by Crippen LogP contribution is -2.19. The molecule has 4 aromatic rings. The van der Waals surface area contributed by atoms with Crippen molar-refractivity contribution in [2.24, 2.45) is 0 Å². The highest BCUT2D eigenvalue weighted by atomic mass is 32.2. The molecule has 0 aliphatic heterocycles. The van der Waals surface area contributed by atoms with Gasteiger partial charge in [-0.25, -0.2) is 14.4 Å². The van der Waals surface area contributed by atoms with E-state index in [0.717, 1.165) is 22.2 Å². The zero-order valence-corrected chi connectivity index (χ0v) is 18.1. The minimum atomic E-state index is -0.365. The predicted molar refractivity (Wildman–Crippen MR) is 121 cm³/mol. The molecule has 0 bridgehead atoms. The van der Waals surface area contributed by atoms with Crippen LogP contribution in [0.3, 0.4) is 0 Å². The van der Waals surface area contributed by atoms with Crippen LogP contribution in [0.15, 0.2) is 72.1 Å². The van der Waals surface area contributed by atoms with Crippen molar-refractivity contribution in [1.82, 2.24) is 14.5 Å². The van der Waals surface area contributed by atoms with E-state index in [-0.39, 0.29) is 17.0 Å². The number of nitrogens with zero attached hydrogens (tertiary/aromatic N) is 3. The van der Waals surface area contributed by atoms with Crippen LogP contribution in [-0.4, -0.2) is 32.4 Å². The summed E-state index contributed by atoms with van der Waals surface area (Å²) < 4.78 is 20.7. The molecule has 2 aromatic carbocycles. The predicted octanol–water partition coefficient (Wildman–Crippen LogP) is 5.66. The lowest BCUT2D eigenvalue weighted by molar-refractivity contribution is -0.142. The van der Waals surface area contributed by atoms with Gasteiger partial charge in [-0.2, -0.15) is 0 Å². The number of carbonyl (C=O) groups is 1. The van der Waals surface area contributed by atoms with Gasteiger partial charge in [0.05, 0.1) is 12.0 Å². The van der Waals surface area contributed by atoms with Crippen molar-refractivity contribution < 1.29 is 13.9 Å². The molecule has 0 fully saturated rings. The molecule has 2 aromatic heterocycles. The summed E-state index contributed by atoms with van der Waals surface area (Å²) in [6.45, 7) is 4.09. The summed E-state index contributed by atoms with van der Waals surface area (Å²) in [6, 6.07) is 16.2. The number of fused-ring (bicyclic) bond motifs is 1. The monoisotopic (exact) mass is 435 g/mol. The Bertz CT molecular complexity index is 1190. The summed E-state index contributed by atoms with van der Waals surface area (Å²) in [5.74, 6) is -0.546. The van der Waals surface area contributed by atoms with Crippen molar-refractivity contribution in [3.63, 3.8) is 0 Å². The fourth-order valence-electron chi connectivity index (χ4n) is 3.43. The Morgan fingerprint density at radius 2 is 1.84 bits per heavy atom. The number of benzene rings is 2. The standard InChI is InChI=1S/C24H22FN3O2S/c1-3-20(24(29)30-4-2)31-23-21-19(16-8-6-5-7-9-16)14-28(22(21)26-15-27-23)18-12-10-17(25)11-13-18/h5-15,20H,3-4H2,1-2H3. The molecule has 0 saturated heterocycles. The highest BCUT2D eigenvalue weighted by molar-refractivity contribution is 8.00. The molecule has 31 heavy (non-hydrogen) atoms. The quantitative estimate of drug-likeness (QED) is 0.213. The van der Waals surface area contributed by atoms with Crippen LogP contribution in [0.1, 0.15) is 20.3 Å². The SMILES string of the molecule is CCOC(=O)C(CC)Sc1ncnc2c1c(-c1ccccc1)cn2-c1ccc(F)cc1. The van der Waals surface area contributed by atoms with Gasteiger partial charge in [0.1, 0.15) is 28.1 Å². The smallest absolute Gasteiger partial charge is 0.319 e. The molecule has 0 radical (unpaired) electrons. The van der Waals surface area contributed by atoms with Gasteiger partial charge in [-0.05, 0) is 43.2 Å². The first kappa shape index (κ1) is 21.1. The maximum absolute atomic E-state index is 13.5. The maximum Gasteiger partial charge on any atom is 0.319 e. The summed E-state index contributed by atoms with van der Waals surface area (Å²) in [7, 11) is 0. The number of hydrogen-bond acceptors (Lipinski definition) is 5. The molecule has 0 spiro atoms. The van der Waals surface area contributed by atoms with Crippen LogP contribution in [0.5, 0.6) is 0 Å². The topological polar surface area (TPSA) is 57.0 Å². The van der Waals surface area contributed by atoms with Crippen LogP contribution < -0.4 is 0 Å². The van der Waals surface area contributed by atoms with E-state index in [1.54, 1.807) is 19.1 Å². The molecule has 7 heteroatoms. The van der Waals surface area contributed by atoms with Gasteiger partial charge in [0.2, 0.25) is 0 Å². The molecular weight excluding hydrogens is 413 g/mol. The van der Waals surface area contributed by atoms with Gasteiger partial charge in [-0.15, -0.1) is 0 Å². The van der Waals surface area contributed by atoms with Gasteiger partial charge >= 0.3 is 5.97 Å². The maximum atomic E-state index is 13.5. The Hall–Kier alpha value is -3.19. The summed E-state index contributed by atoms with van der Waals surface area (Å²) >= 11 is 1.39. The van der Waals surface area contributed by atoms with E-state index in [2.05, 4.69) is 9.97 Å². The summed E-state index contributed by atoms with van der Waals surface area (Å²) in [6.07, 6.45) is 4.10. The molecular formula is C24H22FN3O2S. The van der Waals surface area contributed by atoms with Crippen LogP contribution in [0.25, 0.3) is 27.8 Å². The second kappa shape index (κ2) is 9.31. The van der Waals surface area contributed by atoms with E-state index in [4.69, 9.17) is 4.74 Å². The Morgan fingerprint density at radius 3 is 2.52 bits per heavy atom. The van der Waals surface area contributed by atoms with E-state index in [1.165, 1.54) is 30.2 Å². The zero-order chi connectivity index (χ0) is 21.8. The number of aromatic nitrogens is 3. The minimum Gasteiger partial charge on any atom is -0.465 e. The number of carbonyl (C=O) groups excluding carboxylic acids is 1. The lowest BCUT2D eigenvalue weighted by atomic mass is 10.1. The first-order valence-corrected chi connectivity index (χ1v) is 11.0. The molecule has 158 valence electrons. The van der Waals surface area contributed by atoms with Gasteiger partial charge < -0.3 is 9.30 Å². The minimum absolute atomic E-state index is 0.249. The van der Waals surface area contributed by atoms with E-state index < -0.39 is 0 Å². The van der Waals surface area contributed by atoms with Crippen LogP contribution in [-0.2, 0) is 9.53 Å². The molecule has 0 aliphatic carbocycles. The van der Waals surface area contributed by atoms with E-state index in [9.17, 15) is 9.18 Å². The van der Waals surface area contributed by atoms with E-state index in [1.807, 2.05) is 48.0 Å². The Morgan fingerprint density at radius 1 is 1.10 bits per heavy atom. The molecule has 0 aliphatic rings. The van der Waals surface area contributed by atoms with Gasteiger partial charge in [0.15, 0.2) is 0 Å². The molecule has 0 saturated carbocycles. The average Bonchev–Trinajstić information content (AvgIpc) is 3.19. The molecule has 4 rings (SSSR count). The Kier molecular flexibility index (Phi) is 6.32. The summed E-state index contributed by atoms with van der Waals surface area (Å²) in [5.41, 5.74) is 3.44. The average molecular weight is 436 g/mol. The fraction of sp³-hybridized carbons (Fsp3) is 0.208. The summed E-state index contributed by atoms with van der Waals surface area (Å²) in [5, 5.41) is 1.20. The lowest BCUT2D eigenvalue weighted by Gasteiger charge is -2.13. The molecule has 0 amide bonds. The van der Waals surface area contributed by atoms with E-state index in [0.29, 0.717) is 23.7 Å². The Labute approximate surface area is 184 Å². The second-order valence-electron chi connectivity index (χ2n) is 6.90. The molecule has 0 N–H and O–H groups in total. The zero-order valence-electron chi connectivity index (χ0n) is 17.3. The van der Waals surface area contributed by atoms with Crippen molar-refractivity contribution in [2.45, 2.75) is 30.5 Å². The van der Waals surface area contributed by atoms with Gasteiger partial charge in [-0.1, -0.05) is 49.0 Å². The van der Waals surface area contributed by atoms with Crippen molar-refractivity contribution in [2.75, 3.05) is 6.61 Å². The highest BCUT2D eigenvalue weighted by Crippen LogP contribution is 2.38. The number of halogens is 1. The van der Waals surface area contributed by atoms with Gasteiger partial charge in [0, 0.05) is 17.4 Å². The third-order valence-electron chi connectivity index (χ3n) is 4.91. The number of esters is 1. The second-order valence-corrected chi connectivity index (χ2v) is 8.09. The highest BCUT2D eigenvalue weighted by Gasteiger charge is 2.24. The molecule has 1 atom stereocenters.